The second kappa shape index (κ2) is 6.18. The van der Waals surface area contributed by atoms with E-state index in [2.05, 4.69) is 21.5 Å². The van der Waals surface area contributed by atoms with Crippen molar-refractivity contribution in [2.24, 2.45) is 0 Å². The van der Waals surface area contributed by atoms with Crippen LogP contribution in [0.15, 0.2) is 36.4 Å². The number of rotatable bonds is 3. The average molecular weight is 270 g/mol. The van der Waals surface area contributed by atoms with Crippen molar-refractivity contribution in [1.82, 2.24) is 19.9 Å². The van der Waals surface area contributed by atoms with Crippen LogP contribution in [0.4, 0.5) is 0 Å². The molecule has 3 rings (SSSR count). The molecule has 0 fully saturated rings. The minimum atomic E-state index is 0.259. The minimum absolute atomic E-state index is 0.259. The van der Waals surface area contributed by atoms with E-state index in [-0.39, 0.29) is 6.04 Å². The lowest BCUT2D eigenvalue weighted by Gasteiger charge is -2.21. The van der Waals surface area contributed by atoms with Gasteiger partial charge in [-0.1, -0.05) is 24.5 Å². The van der Waals surface area contributed by atoms with E-state index < -0.39 is 0 Å². The van der Waals surface area contributed by atoms with Gasteiger partial charge in [0, 0.05) is 18.0 Å². The van der Waals surface area contributed by atoms with Gasteiger partial charge in [-0.05, 0) is 32.7 Å². The maximum Gasteiger partial charge on any atom is 0.0896 e. The normalized spacial score (nSPS) is 20.9. The first-order valence-electron chi connectivity index (χ1n) is 7.53. The van der Waals surface area contributed by atoms with Gasteiger partial charge < -0.3 is 5.32 Å². The van der Waals surface area contributed by atoms with Gasteiger partial charge in [0.05, 0.1) is 24.0 Å². The number of nitrogens with one attached hydrogen (secondary N) is 1. The highest BCUT2D eigenvalue weighted by atomic mass is 15.2. The summed E-state index contributed by atoms with van der Waals surface area (Å²) in [6.45, 7) is 0. The van der Waals surface area contributed by atoms with Crippen LogP contribution in [0, 0.1) is 0 Å². The van der Waals surface area contributed by atoms with Gasteiger partial charge in [0.1, 0.15) is 0 Å². The van der Waals surface area contributed by atoms with Gasteiger partial charge in [0.2, 0.25) is 0 Å². The van der Waals surface area contributed by atoms with Crippen molar-refractivity contribution in [2.75, 3.05) is 7.05 Å². The zero-order valence-electron chi connectivity index (χ0n) is 12.0. The summed E-state index contributed by atoms with van der Waals surface area (Å²) in [6, 6.07) is 0.259. The van der Waals surface area contributed by atoms with Gasteiger partial charge in [-0.25, -0.2) is 4.52 Å². The Hall–Kier alpha value is -1.68. The first-order valence-corrected chi connectivity index (χ1v) is 7.53. The summed E-state index contributed by atoms with van der Waals surface area (Å²) in [4.78, 5) is 4.23. The van der Waals surface area contributed by atoms with E-state index in [0.717, 1.165) is 5.52 Å². The minimum Gasteiger partial charge on any atom is -0.309 e. The van der Waals surface area contributed by atoms with Crippen molar-refractivity contribution < 1.29 is 0 Å². The highest BCUT2D eigenvalue weighted by Crippen LogP contribution is 2.30. The number of aromatic nitrogens is 3. The summed E-state index contributed by atoms with van der Waals surface area (Å²) in [5.74, 6) is 0. The third kappa shape index (κ3) is 2.61. The SMILES string of the molecule is CNC(/C1=C/CCCCCC1)c1cnn2ccncc12. The molecular formula is C16H22N4. The van der Waals surface area contributed by atoms with Crippen molar-refractivity contribution in [3.63, 3.8) is 0 Å². The number of fused-ring (bicyclic) bond motifs is 1. The van der Waals surface area contributed by atoms with E-state index >= 15 is 0 Å². The van der Waals surface area contributed by atoms with Gasteiger partial charge in [-0.3, -0.25) is 4.98 Å². The molecule has 106 valence electrons. The number of allylic oxidation sites excluding steroid dienone is 1. The first-order chi connectivity index (χ1) is 9.90. The molecule has 0 amide bonds. The third-order valence-electron chi connectivity index (χ3n) is 4.15. The maximum absolute atomic E-state index is 4.43. The van der Waals surface area contributed by atoms with Crippen LogP contribution in [0.1, 0.15) is 50.1 Å². The Morgan fingerprint density at radius 2 is 2.10 bits per heavy atom. The van der Waals surface area contributed by atoms with Crippen LogP contribution >= 0.6 is 0 Å². The van der Waals surface area contributed by atoms with Gasteiger partial charge >= 0.3 is 0 Å². The highest BCUT2D eigenvalue weighted by Gasteiger charge is 2.19. The second-order valence-electron chi connectivity index (χ2n) is 5.46. The fourth-order valence-electron chi connectivity index (χ4n) is 3.09. The topological polar surface area (TPSA) is 42.2 Å². The van der Waals surface area contributed by atoms with E-state index in [1.54, 1.807) is 6.20 Å². The van der Waals surface area contributed by atoms with Crippen LogP contribution in [0.2, 0.25) is 0 Å². The van der Waals surface area contributed by atoms with Crippen molar-refractivity contribution in [1.29, 1.82) is 0 Å². The highest BCUT2D eigenvalue weighted by molar-refractivity contribution is 5.55. The molecule has 0 bridgehead atoms. The lowest BCUT2D eigenvalue weighted by Crippen LogP contribution is -2.19. The van der Waals surface area contributed by atoms with E-state index in [1.807, 2.05) is 30.2 Å². The molecule has 0 radical (unpaired) electrons. The maximum atomic E-state index is 4.43. The molecule has 1 aliphatic carbocycles. The van der Waals surface area contributed by atoms with E-state index in [0.29, 0.717) is 0 Å². The molecule has 1 unspecified atom stereocenters. The fraction of sp³-hybridized carbons (Fsp3) is 0.500. The van der Waals surface area contributed by atoms with Gasteiger partial charge in [0.25, 0.3) is 0 Å². The van der Waals surface area contributed by atoms with Gasteiger partial charge in [0.15, 0.2) is 0 Å². The number of hydrogen-bond donors (Lipinski definition) is 1. The molecule has 2 aromatic heterocycles. The van der Waals surface area contributed by atoms with Crippen LogP contribution in [-0.2, 0) is 0 Å². The number of nitrogens with zero attached hydrogens (tertiary/aromatic N) is 3. The molecular weight excluding hydrogens is 248 g/mol. The van der Waals surface area contributed by atoms with Crippen LogP contribution < -0.4 is 5.32 Å². The lowest BCUT2D eigenvalue weighted by atomic mass is 9.91. The number of hydrogen-bond acceptors (Lipinski definition) is 3. The largest absolute Gasteiger partial charge is 0.309 e. The molecule has 2 heterocycles. The van der Waals surface area contributed by atoms with Crippen LogP contribution in [0.5, 0.6) is 0 Å². The average Bonchev–Trinajstić information content (AvgIpc) is 2.86. The Morgan fingerprint density at radius 1 is 1.20 bits per heavy atom. The van der Waals surface area contributed by atoms with Crippen LogP contribution in [0.25, 0.3) is 5.52 Å². The molecule has 0 aromatic carbocycles. The molecule has 1 aliphatic rings. The molecule has 0 saturated carbocycles. The fourth-order valence-corrected chi connectivity index (χ4v) is 3.09. The van der Waals surface area contributed by atoms with E-state index in [4.69, 9.17) is 0 Å². The molecule has 20 heavy (non-hydrogen) atoms. The summed E-state index contributed by atoms with van der Waals surface area (Å²) < 4.78 is 1.90. The summed E-state index contributed by atoms with van der Waals surface area (Å²) >= 11 is 0. The van der Waals surface area contributed by atoms with Crippen LogP contribution in [0.3, 0.4) is 0 Å². The quantitative estimate of drug-likeness (QED) is 0.870. The van der Waals surface area contributed by atoms with Crippen molar-refractivity contribution in [2.45, 2.75) is 44.6 Å². The zero-order valence-corrected chi connectivity index (χ0v) is 12.0. The lowest BCUT2D eigenvalue weighted by molar-refractivity contribution is 0.575. The second-order valence-corrected chi connectivity index (χ2v) is 5.46. The molecule has 1 atom stereocenters. The van der Waals surface area contributed by atoms with Crippen molar-refractivity contribution >= 4 is 5.52 Å². The predicted octanol–water partition coefficient (Wildman–Crippen LogP) is 3.27. The Labute approximate surface area is 119 Å². The monoisotopic (exact) mass is 270 g/mol. The van der Waals surface area contributed by atoms with E-state index in [1.165, 1.54) is 49.7 Å². The van der Waals surface area contributed by atoms with E-state index in [9.17, 15) is 0 Å². The Balaban J connectivity index is 1.96. The Bertz CT molecular complexity index is 599. The molecule has 0 saturated heterocycles. The zero-order chi connectivity index (χ0) is 13.8. The standard InChI is InChI=1S/C16H22N4/c1-17-16(13-7-5-3-2-4-6-8-13)14-11-19-20-10-9-18-12-15(14)20/h7,9-12,16-17H,2-6,8H2,1H3/b13-7+. The van der Waals surface area contributed by atoms with Crippen LogP contribution in [-0.4, -0.2) is 21.6 Å². The van der Waals surface area contributed by atoms with Crippen molar-refractivity contribution in [3.8, 4) is 0 Å². The molecule has 4 heteroatoms. The summed E-state index contributed by atoms with van der Waals surface area (Å²) in [5.41, 5.74) is 3.83. The van der Waals surface area contributed by atoms with Gasteiger partial charge in [-0.2, -0.15) is 5.10 Å². The number of likely N-dealkylation sites (N-methyl/N-ethyl adjacent to an activating group) is 1. The predicted molar refractivity (Wildman–Crippen MR) is 80.6 cm³/mol. The third-order valence-corrected chi connectivity index (χ3v) is 4.15. The molecule has 0 spiro atoms. The Kier molecular flexibility index (Phi) is 4.11. The molecule has 4 nitrogen and oxygen atoms in total. The first kappa shape index (κ1) is 13.3. The van der Waals surface area contributed by atoms with Gasteiger partial charge in [-0.15, -0.1) is 0 Å². The summed E-state index contributed by atoms with van der Waals surface area (Å²) in [7, 11) is 2.03. The summed E-state index contributed by atoms with van der Waals surface area (Å²) in [6.07, 6.45) is 17.7. The van der Waals surface area contributed by atoms with Crippen molar-refractivity contribution in [3.05, 3.63) is 42.0 Å². The molecule has 2 aromatic rings. The molecule has 0 aliphatic heterocycles. The smallest absolute Gasteiger partial charge is 0.0896 e. The summed E-state index contributed by atoms with van der Waals surface area (Å²) in [5, 5.41) is 7.90. The Morgan fingerprint density at radius 3 is 3.00 bits per heavy atom. The molecule has 1 N–H and O–H groups in total.